The van der Waals surface area contributed by atoms with E-state index in [9.17, 15) is 0 Å². The van der Waals surface area contributed by atoms with Gasteiger partial charge in [-0.2, -0.15) is 5.26 Å². The molecule has 86 valence electrons. The minimum Gasteiger partial charge on any atom is -0.373 e. The van der Waals surface area contributed by atoms with Crippen molar-refractivity contribution in [2.24, 2.45) is 0 Å². The molecule has 0 aromatic rings. The Labute approximate surface area is 93.8 Å². The first-order valence-corrected chi connectivity index (χ1v) is 6.65. The van der Waals surface area contributed by atoms with Crippen LogP contribution in [0.2, 0.25) is 0 Å². The number of hydrogen-bond donors (Lipinski definition) is 0. The largest absolute Gasteiger partial charge is 0.373 e. The Morgan fingerprint density at radius 2 is 2.53 bits per heavy atom. The second kappa shape index (κ2) is 6.40. The summed E-state index contributed by atoms with van der Waals surface area (Å²) in [6.45, 7) is 4.49. The van der Waals surface area contributed by atoms with Crippen molar-refractivity contribution in [3.63, 3.8) is 0 Å². The molecule has 0 N–H and O–H groups in total. The van der Waals surface area contributed by atoms with Crippen LogP contribution in [-0.2, 0) is 13.8 Å². The first kappa shape index (κ1) is 11.3. The Morgan fingerprint density at radius 1 is 1.73 bits per heavy atom. The molecule has 0 aromatic carbocycles. The van der Waals surface area contributed by atoms with Gasteiger partial charge in [-0.05, 0) is 13.8 Å². The molecule has 0 aliphatic carbocycles. The SMILES string of the molecule is [2H]CC1OC(C)CC1OP(C)OCCC#N. The average Bonchev–Trinajstić information content (AvgIpc) is 2.59. The molecule has 1 aliphatic rings. The molecule has 0 bridgehead atoms. The van der Waals surface area contributed by atoms with Gasteiger partial charge >= 0.3 is 0 Å². The van der Waals surface area contributed by atoms with E-state index in [0.29, 0.717) is 13.0 Å². The minimum absolute atomic E-state index is 0.0364. The van der Waals surface area contributed by atoms with Crippen molar-refractivity contribution < 1.29 is 15.2 Å². The van der Waals surface area contributed by atoms with Crippen molar-refractivity contribution in [3.8, 4) is 6.07 Å². The Bertz CT molecular complexity index is 249. The van der Waals surface area contributed by atoms with Gasteiger partial charge in [0.2, 0.25) is 0 Å². The van der Waals surface area contributed by atoms with E-state index in [1.165, 1.54) is 0 Å². The molecule has 1 saturated heterocycles. The summed E-state index contributed by atoms with van der Waals surface area (Å²) < 4.78 is 24.0. The van der Waals surface area contributed by atoms with Crippen LogP contribution in [-0.4, -0.2) is 31.6 Å². The predicted octanol–water partition coefficient (Wildman–Crippen LogP) is 2.44. The van der Waals surface area contributed by atoms with Gasteiger partial charge in [0, 0.05) is 14.5 Å². The number of rotatable bonds is 5. The van der Waals surface area contributed by atoms with Crippen molar-refractivity contribution in [2.45, 2.75) is 45.0 Å². The highest BCUT2D eigenvalue weighted by Crippen LogP contribution is 2.39. The van der Waals surface area contributed by atoms with Crippen molar-refractivity contribution in [2.75, 3.05) is 13.3 Å². The molecule has 4 nitrogen and oxygen atoms in total. The van der Waals surface area contributed by atoms with E-state index in [0.717, 1.165) is 6.42 Å². The van der Waals surface area contributed by atoms with Crippen LogP contribution in [0, 0.1) is 11.3 Å². The zero-order valence-electron chi connectivity index (χ0n) is 10.2. The Hall–Kier alpha value is -0.200. The maximum Gasteiger partial charge on any atom is 0.167 e. The van der Waals surface area contributed by atoms with Crippen LogP contribution in [0.4, 0.5) is 0 Å². The summed E-state index contributed by atoms with van der Waals surface area (Å²) in [5, 5.41) is 8.37. The second-order valence-electron chi connectivity index (χ2n) is 3.55. The van der Waals surface area contributed by atoms with Gasteiger partial charge in [0.1, 0.15) is 0 Å². The lowest BCUT2D eigenvalue weighted by atomic mass is 10.2. The Morgan fingerprint density at radius 3 is 3.20 bits per heavy atom. The van der Waals surface area contributed by atoms with Gasteiger partial charge in [-0.15, -0.1) is 0 Å². The highest BCUT2D eigenvalue weighted by Gasteiger charge is 2.31. The van der Waals surface area contributed by atoms with Crippen LogP contribution in [0.5, 0.6) is 0 Å². The van der Waals surface area contributed by atoms with Crippen LogP contribution >= 0.6 is 8.38 Å². The number of ether oxygens (including phenoxy) is 1. The molecule has 0 radical (unpaired) electrons. The van der Waals surface area contributed by atoms with E-state index in [-0.39, 0.29) is 25.2 Å². The lowest BCUT2D eigenvalue weighted by Crippen LogP contribution is -2.19. The van der Waals surface area contributed by atoms with E-state index in [2.05, 4.69) is 0 Å². The van der Waals surface area contributed by atoms with Gasteiger partial charge in [0.15, 0.2) is 8.38 Å². The zero-order valence-corrected chi connectivity index (χ0v) is 10.1. The fourth-order valence-electron chi connectivity index (χ4n) is 1.47. The lowest BCUT2D eigenvalue weighted by molar-refractivity contribution is 0.0352. The molecule has 0 aromatic heterocycles. The van der Waals surface area contributed by atoms with Gasteiger partial charge in [0.05, 0.1) is 37.4 Å². The van der Waals surface area contributed by atoms with Gasteiger partial charge in [-0.3, -0.25) is 0 Å². The average molecular weight is 232 g/mol. The zero-order chi connectivity index (χ0) is 12.0. The summed E-state index contributed by atoms with van der Waals surface area (Å²) in [6.07, 6.45) is 1.18. The molecule has 1 aliphatic heterocycles. The molecule has 0 amide bonds. The standard InChI is InChI=1S/C10H18NO3P/c1-8-7-10(9(2)13-8)14-15(3)12-6-4-5-11/h8-10H,4,6-7H2,1-3H3/i2D. The quantitative estimate of drug-likeness (QED) is 0.539. The van der Waals surface area contributed by atoms with Gasteiger partial charge in [-0.25, -0.2) is 0 Å². The summed E-state index contributed by atoms with van der Waals surface area (Å²) >= 11 is 0. The van der Waals surface area contributed by atoms with Crippen molar-refractivity contribution >= 4 is 8.38 Å². The Balaban J connectivity index is 2.27. The van der Waals surface area contributed by atoms with Gasteiger partial charge in [-0.1, -0.05) is 0 Å². The van der Waals surface area contributed by atoms with Crippen LogP contribution in [0.25, 0.3) is 0 Å². The summed E-state index contributed by atoms with van der Waals surface area (Å²) in [5.74, 6) is 0. The molecule has 0 saturated carbocycles. The molecule has 1 rings (SSSR count). The third-order valence-electron chi connectivity index (χ3n) is 2.16. The summed E-state index contributed by atoms with van der Waals surface area (Å²) in [5.41, 5.74) is 0. The molecule has 1 heterocycles. The van der Waals surface area contributed by atoms with E-state index in [1.54, 1.807) is 0 Å². The van der Waals surface area contributed by atoms with Crippen molar-refractivity contribution in [1.82, 2.24) is 0 Å². The third kappa shape index (κ3) is 4.44. The highest BCUT2D eigenvalue weighted by molar-refractivity contribution is 7.46. The fourth-order valence-corrected chi connectivity index (χ4v) is 2.48. The van der Waals surface area contributed by atoms with E-state index in [1.807, 2.05) is 19.7 Å². The maximum absolute atomic E-state index is 8.37. The van der Waals surface area contributed by atoms with Crippen LogP contribution in [0.3, 0.4) is 0 Å². The van der Waals surface area contributed by atoms with E-state index < -0.39 is 8.38 Å². The maximum atomic E-state index is 8.37. The molecule has 5 heteroatoms. The Kier molecular flexibility index (Phi) is 4.82. The molecule has 4 unspecified atom stereocenters. The minimum atomic E-state index is -0.969. The topological polar surface area (TPSA) is 51.5 Å². The number of nitrogens with zero attached hydrogens (tertiary/aromatic N) is 1. The second-order valence-corrected chi connectivity index (χ2v) is 4.89. The van der Waals surface area contributed by atoms with Crippen LogP contribution in [0.15, 0.2) is 0 Å². The first-order chi connectivity index (χ1) is 7.67. The fraction of sp³-hybridized carbons (Fsp3) is 0.900. The van der Waals surface area contributed by atoms with Gasteiger partial charge < -0.3 is 13.8 Å². The molecule has 4 atom stereocenters. The molecule has 1 fully saturated rings. The summed E-state index contributed by atoms with van der Waals surface area (Å²) in [7, 11) is -0.969. The van der Waals surface area contributed by atoms with Gasteiger partial charge in [0.25, 0.3) is 0 Å². The van der Waals surface area contributed by atoms with E-state index in [4.69, 9.17) is 20.4 Å². The normalized spacial score (nSPS) is 33.4. The monoisotopic (exact) mass is 232 g/mol. The molecular weight excluding hydrogens is 213 g/mol. The summed E-state index contributed by atoms with van der Waals surface area (Å²) in [6, 6.07) is 2.02. The third-order valence-corrected chi connectivity index (χ3v) is 3.27. The van der Waals surface area contributed by atoms with Crippen molar-refractivity contribution in [3.05, 3.63) is 0 Å². The number of nitriles is 1. The molecular formula is C10H18NO3P. The van der Waals surface area contributed by atoms with E-state index >= 15 is 0 Å². The lowest BCUT2D eigenvalue weighted by Gasteiger charge is -2.19. The molecule has 0 spiro atoms. The predicted molar refractivity (Wildman–Crippen MR) is 58.5 cm³/mol. The molecule has 15 heavy (non-hydrogen) atoms. The number of hydrogen-bond acceptors (Lipinski definition) is 4. The highest BCUT2D eigenvalue weighted by atomic mass is 31.2. The van der Waals surface area contributed by atoms with Crippen LogP contribution in [0.1, 0.15) is 28.0 Å². The van der Waals surface area contributed by atoms with Crippen molar-refractivity contribution in [1.29, 1.82) is 5.26 Å². The first-order valence-electron chi connectivity index (χ1n) is 5.73. The van der Waals surface area contributed by atoms with Crippen LogP contribution < -0.4 is 0 Å². The summed E-state index contributed by atoms with van der Waals surface area (Å²) in [4.78, 5) is 0. The smallest absolute Gasteiger partial charge is 0.167 e.